The van der Waals surface area contributed by atoms with Crippen LogP contribution in [0.5, 0.6) is 11.5 Å². The van der Waals surface area contributed by atoms with Crippen molar-refractivity contribution < 1.29 is 14.3 Å². The smallest absolute Gasteiger partial charge is 0.291 e. The van der Waals surface area contributed by atoms with E-state index in [4.69, 9.17) is 9.47 Å². The Bertz CT molecular complexity index is 980. The Morgan fingerprint density at radius 2 is 2.19 bits per heavy atom. The van der Waals surface area contributed by atoms with Crippen molar-refractivity contribution in [2.75, 3.05) is 6.79 Å². The molecule has 0 saturated carbocycles. The van der Waals surface area contributed by atoms with Gasteiger partial charge in [-0.2, -0.15) is 15.3 Å². The van der Waals surface area contributed by atoms with Gasteiger partial charge in [0.05, 0.1) is 16.9 Å². The summed E-state index contributed by atoms with van der Waals surface area (Å²) < 4.78 is 14.7. The van der Waals surface area contributed by atoms with Crippen LogP contribution in [0.15, 0.2) is 52.4 Å². The Morgan fingerprint density at radius 1 is 1.31 bits per heavy atom. The molecule has 26 heavy (non-hydrogen) atoms. The first-order valence-corrected chi connectivity index (χ1v) is 8.41. The zero-order valence-electron chi connectivity index (χ0n) is 13.4. The summed E-state index contributed by atoms with van der Waals surface area (Å²) in [6, 6.07) is 7.01. The van der Waals surface area contributed by atoms with Gasteiger partial charge in [0, 0.05) is 12.4 Å². The number of hydrazone groups is 1. The lowest BCUT2D eigenvalue weighted by Crippen LogP contribution is -2.19. The zero-order chi connectivity index (χ0) is 17.9. The first-order valence-electron chi connectivity index (χ1n) is 7.62. The number of nitrogens with one attached hydrogen (secondary N) is 1. The van der Waals surface area contributed by atoms with Gasteiger partial charge in [0.15, 0.2) is 17.2 Å². The van der Waals surface area contributed by atoms with Crippen molar-refractivity contribution >= 4 is 28.1 Å². The number of aromatic nitrogens is 4. The molecule has 3 aromatic rings. The summed E-state index contributed by atoms with van der Waals surface area (Å²) >= 11 is 3.33. The van der Waals surface area contributed by atoms with E-state index in [-0.39, 0.29) is 12.5 Å². The lowest BCUT2D eigenvalue weighted by Gasteiger charge is -2.01. The molecule has 1 aromatic carbocycles. The van der Waals surface area contributed by atoms with Crippen LogP contribution in [0.3, 0.4) is 0 Å². The molecule has 10 heteroatoms. The minimum Gasteiger partial charge on any atom is -0.454 e. The van der Waals surface area contributed by atoms with Crippen LogP contribution in [0.1, 0.15) is 16.1 Å². The Kier molecular flexibility index (Phi) is 4.40. The first-order chi connectivity index (χ1) is 12.7. The second-order valence-electron chi connectivity index (χ2n) is 5.39. The highest BCUT2D eigenvalue weighted by Crippen LogP contribution is 2.31. The molecule has 0 aliphatic carbocycles. The zero-order valence-corrected chi connectivity index (χ0v) is 15.0. The molecule has 1 aliphatic rings. The number of fused-ring (bicyclic) bond motifs is 1. The summed E-state index contributed by atoms with van der Waals surface area (Å²) in [6.07, 6.45) is 6.73. The molecule has 3 heterocycles. The summed E-state index contributed by atoms with van der Waals surface area (Å²) in [4.78, 5) is 12.1. The van der Waals surface area contributed by atoms with Crippen molar-refractivity contribution in [1.82, 2.24) is 25.0 Å². The Balaban J connectivity index is 1.36. The normalized spacial score (nSPS) is 12.7. The number of amides is 1. The van der Waals surface area contributed by atoms with Crippen LogP contribution in [-0.4, -0.2) is 38.5 Å². The Labute approximate surface area is 156 Å². The molecule has 0 atom stereocenters. The van der Waals surface area contributed by atoms with Crippen LogP contribution in [-0.2, 0) is 6.67 Å². The fourth-order valence-corrected chi connectivity index (χ4v) is 2.67. The third-order valence-corrected chi connectivity index (χ3v) is 3.95. The summed E-state index contributed by atoms with van der Waals surface area (Å²) in [5.41, 5.74) is 3.49. The maximum atomic E-state index is 12.1. The fourth-order valence-electron chi connectivity index (χ4n) is 2.34. The molecular weight excluding hydrogens is 404 g/mol. The third-order valence-electron chi connectivity index (χ3n) is 3.54. The predicted molar refractivity (Wildman–Crippen MR) is 95.2 cm³/mol. The van der Waals surface area contributed by atoms with Gasteiger partial charge in [0.25, 0.3) is 5.91 Å². The van der Waals surface area contributed by atoms with Crippen molar-refractivity contribution in [3.05, 3.63) is 58.6 Å². The minimum atomic E-state index is -0.401. The lowest BCUT2D eigenvalue weighted by molar-refractivity contribution is 0.0949. The number of hydrogen-bond donors (Lipinski definition) is 1. The summed E-state index contributed by atoms with van der Waals surface area (Å²) in [5.74, 6) is 0.951. The standard InChI is InChI=1S/C16H13BrN6O3/c17-12-7-19-23(8-12)9-22-4-3-13(21-22)16(24)20-18-6-11-1-2-14-15(5-11)26-10-25-14/h1-8H,9-10H2,(H,20,24). The van der Waals surface area contributed by atoms with E-state index in [0.717, 1.165) is 10.0 Å². The third kappa shape index (κ3) is 3.59. The van der Waals surface area contributed by atoms with E-state index < -0.39 is 5.91 Å². The maximum Gasteiger partial charge on any atom is 0.291 e. The summed E-state index contributed by atoms with van der Waals surface area (Å²) in [7, 11) is 0. The van der Waals surface area contributed by atoms with Gasteiger partial charge in [-0.3, -0.25) is 9.48 Å². The van der Waals surface area contributed by atoms with Gasteiger partial charge in [-0.05, 0) is 45.8 Å². The molecule has 0 spiro atoms. The SMILES string of the molecule is O=C(NN=Cc1ccc2c(c1)OCO2)c1ccn(Cn2cc(Br)cn2)n1. The van der Waals surface area contributed by atoms with E-state index in [0.29, 0.717) is 18.2 Å². The van der Waals surface area contributed by atoms with Crippen LogP contribution in [0.4, 0.5) is 0 Å². The minimum absolute atomic E-state index is 0.213. The van der Waals surface area contributed by atoms with Gasteiger partial charge in [-0.25, -0.2) is 10.1 Å². The Morgan fingerprint density at radius 3 is 3.04 bits per heavy atom. The van der Waals surface area contributed by atoms with E-state index in [1.165, 1.54) is 6.21 Å². The Hall–Kier alpha value is -3.14. The van der Waals surface area contributed by atoms with Gasteiger partial charge in [0.2, 0.25) is 6.79 Å². The molecule has 0 radical (unpaired) electrons. The van der Waals surface area contributed by atoms with Crippen LogP contribution >= 0.6 is 15.9 Å². The van der Waals surface area contributed by atoms with Crippen LogP contribution in [0.25, 0.3) is 0 Å². The number of halogens is 1. The van der Waals surface area contributed by atoms with Crippen molar-refractivity contribution in [2.45, 2.75) is 6.67 Å². The van der Waals surface area contributed by atoms with Crippen molar-refractivity contribution in [1.29, 1.82) is 0 Å². The molecule has 0 bridgehead atoms. The highest BCUT2D eigenvalue weighted by Gasteiger charge is 2.13. The van der Waals surface area contributed by atoms with Crippen molar-refractivity contribution in [2.24, 2.45) is 5.10 Å². The molecule has 9 nitrogen and oxygen atoms in total. The predicted octanol–water partition coefficient (Wildman–Crippen LogP) is 1.84. The summed E-state index contributed by atoms with van der Waals surface area (Å²) in [5, 5.41) is 12.3. The maximum absolute atomic E-state index is 12.1. The molecule has 4 rings (SSSR count). The first kappa shape index (κ1) is 16.3. The van der Waals surface area contributed by atoms with Crippen LogP contribution in [0.2, 0.25) is 0 Å². The van der Waals surface area contributed by atoms with Crippen molar-refractivity contribution in [3.8, 4) is 11.5 Å². The molecule has 1 amide bonds. The van der Waals surface area contributed by atoms with E-state index in [1.807, 2.05) is 12.3 Å². The number of hydrogen-bond acceptors (Lipinski definition) is 6. The number of nitrogens with zero attached hydrogens (tertiary/aromatic N) is 5. The molecule has 1 N–H and O–H groups in total. The van der Waals surface area contributed by atoms with Gasteiger partial charge < -0.3 is 9.47 Å². The lowest BCUT2D eigenvalue weighted by atomic mass is 10.2. The largest absolute Gasteiger partial charge is 0.454 e. The highest BCUT2D eigenvalue weighted by atomic mass is 79.9. The number of rotatable bonds is 5. The van der Waals surface area contributed by atoms with Crippen LogP contribution in [0, 0.1) is 0 Å². The molecule has 0 fully saturated rings. The van der Waals surface area contributed by atoms with Gasteiger partial charge in [0.1, 0.15) is 6.67 Å². The second kappa shape index (κ2) is 7.00. The van der Waals surface area contributed by atoms with Gasteiger partial charge in [-0.15, -0.1) is 0 Å². The van der Waals surface area contributed by atoms with Gasteiger partial charge >= 0.3 is 0 Å². The highest BCUT2D eigenvalue weighted by molar-refractivity contribution is 9.10. The van der Waals surface area contributed by atoms with Gasteiger partial charge in [-0.1, -0.05) is 0 Å². The number of carbonyl (C=O) groups excluding carboxylic acids is 1. The van der Waals surface area contributed by atoms with Crippen LogP contribution < -0.4 is 14.9 Å². The number of benzene rings is 1. The average molecular weight is 417 g/mol. The van der Waals surface area contributed by atoms with E-state index in [2.05, 4.69) is 36.7 Å². The molecule has 0 saturated heterocycles. The van der Waals surface area contributed by atoms with E-state index >= 15 is 0 Å². The van der Waals surface area contributed by atoms with Crippen molar-refractivity contribution in [3.63, 3.8) is 0 Å². The monoisotopic (exact) mass is 416 g/mol. The molecule has 2 aromatic heterocycles. The quantitative estimate of drug-likeness (QED) is 0.505. The number of carbonyl (C=O) groups is 1. The summed E-state index contributed by atoms with van der Waals surface area (Å²) in [6.45, 7) is 0.615. The molecule has 1 aliphatic heterocycles. The molecular formula is C16H13BrN6O3. The second-order valence-corrected chi connectivity index (χ2v) is 6.31. The number of ether oxygens (including phenoxy) is 2. The topological polar surface area (TPSA) is 95.6 Å². The average Bonchev–Trinajstić information content (AvgIpc) is 3.36. The van der Waals surface area contributed by atoms with E-state index in [1.54, 1.807) is 40.0 Å². The van der Waals surface area contributed by atoms with E-state index in [9.17, 15) is 4.79 Å². The molecule has 132 valence electrons. The molecule has 0 unspecified atom stereocenters. The fraction of sp³-hybridized carbons (Fsp3) is 0.125.